The number of phenols is 1. The summed E-state index contributed by atoms with van der Waals surface area (Å²) < 4.78 is 0. The molecule has 0 heterocycles. The van der Waals surface area contributed by atoms with Crippen LogP contribution in [0.15, 0.2) is 42.5 Å². The van der Waals surface area contributed by atoms with Gasteiger partial charge in [-0.3, -0.25) is 4.79 Å². The highest BCUT2D eigenvalue weighted by Gasteiger charge is 2.08. The molecule has 0 spiro atoms. The summed E-state index contributed by atoms with van der Waals surface area (Å²) in [6, 6.07) is 12.1. The Balaban J connectivity index is 2.08. The molecule has 0 aliphatic heterocycles. The summed E-state index contributed by atoms with van der Waals surface area (Å²) in [5.74, 6) is -0.161. The molecular weight excluding hydrogens is 254 g/mol. The minimum Gasteiger partial charge on any atom is -0.508 e. The number of aryl methyl sites for hydroxylation is 1. The minimum absolute atomic E-state index is 0.106. The molecule has 2 rings (SSSR count). The van der Waals surface area contributed by atoms with Crippen molar-refractivity contribution in [2.75, 3.05) is 11.9 Å². The van der Waals surface area contributed by atoms with Crippen LogP contribution in [0.2, 0.25) is 0 Å². The molecule has 104 valence electrons. The van der Waals surface area contributed by atoms with E-state index < -0.39 is 0 Å². The van der Waals surface area contributed by atoms with Crippen molar-refractivity contribution in [3.05, 3.63) is 59.2 Å². The van der Waals surface area contributed by atoms with E-state index in [1.165, 1.54) is 6.07 Å². The molecular formula is C16H17NO3. The number of rotatable bonds is 4. The molecule has 4 heteroatoms. The number of anilines is 1. The Morgan fingerprint density at radius 3 is 2.45 bits per heavy atom. The first-order chi connectivity index (χ1) is 9.60. The highest BCUT2D eigenvalue weighted by Crippen LogP contribution is 2.18. The SMILES string of the molecule is Cc1ccc(C(=O)Nc2ccc(CCO)cc2)cc1O. The van der Waals surface area contributed by atoms with Crippen LogP contribution in [0.3, 0.4) is 0 Å². The molecule has 0 atom stereocenters. The predicted octanol–water partition coefficient (Wildman–Crippen LogP) is 2.49. The summed E-state index contributed by atoms with van der Waals surface area (Å²) in [5.41, 5.74) is 2.83. The lowest BCUT2D eigenvalue weighted by molar-refractivity contribution is 0.102. The average molecular weight is 271 g/mol. The molecule has 1 amide bonds. The van der Waals surface area contributed by atoms with Crippen LogP contribution in [0.5, 0.6) is 5.75 Å². The number of benzene rings is 2. The van der Waals surface area contributed by atoms with Gasteiger partial charge in [0, 0.05) is 17.9 Å². The van der Waals surface area contributed by atoms with E-state index in [-0.39, 0.29) is 18.3 Å². The summed E-state index contributed by atoms with van der Waals surface area (Å²) >= 11 is 0. The molecule has 2 aromatic rings. The lowest BCUT2D eigenvalue weighted by Gasteiger charge is -2.07. The van der Waals surface area contributed by atoms with Crippen LogP contribution in [0.25, 0.3) is 0 Å². The second-order valence-electron chi connectivity index (χ2n) is 4.63. The first kappa shape index (κ1) is 14.1. The molecule has 4 nitrogen and oxygen atoms in total. The van der Waals surface area contributed by atoms with Gasteiger partial charge < -0.3 is 15.5 Å². The van der Waals surface area contributed by atoms with E-state index in [4.69, 9.17) is 5.11 Å². The van der Waals surface area contributed by atoms with Crippen LogP contribution in [0.1, 0.15) is 21.5 Å². The number of phenolic OH excluding ortho intramolecular Hbond substituents is 1. The van der Waals surface area contributed by atoms with Crippen molar-refractivity contribution in [1.29, 1.82) is 0 Å². The minimum atomic E-state index is -0.268. The van der Waals surface area contributed by atoms with Gasteiger partial charge >= 0.3 is 0 Å². The first-order valence-corrected chi connectivity index (χ1v) is 6.41. The third-order valence-electron chi connectivity index (χ3n) is 3.08. The fourth-order valence-corrected chi connectivity index (χ4v) is 1.84. The van der Waals surface area contributed by atoms with Gasteiger partial charge in [0.15, 0.2) is 0 Å². The van der Waals surface area contributed by atoms with Crippen molar-refractivity contribution in [1.82, 2.24) is 0 Å². The van der Waals surface area contributed by atoms with E-state index in [0.717, 1.165) is 11.1 Å². The Kier molecular flexibility index (Phi) is 4.38. The Hall–Kier alpha value is -2.33. The number of carbonyl (C=O) groups excluding carboxylic acids is 1. The molecule has 20 heavy (non-hydrogen) atoms. The van der Waals surface area contributed by atoms with E-state index in [1.807, 2.05) is 12.1 Å². The highest BCUT2D eigenvalue weighted by molar-refractivity contribution is 6.04. The standard InChI is InChI=1S/C16H17NO3/c1-11-2-5-13(10-15(11)19)16(20)17-14-6-3-12(4-7-14)8-9-18/h2-7,10,18-19H,8-9H2,1H3,(H,17,20). The monoisotopic (exact) mass is 271 g/mol. The maximum Gasteiger partial charge on any atom is 0.255 e. The third kappa shape index (κ3) is 3.36. The molecule has 3 N–H and O–H groups in total. The molecule has 2 aromatic carbocycles. The van der Waals surface area contributed by atoms with Crippen molar-refractivity contribution < 1.29 is 15.0 Å². The van der Waals surface area contributed by atoms with E-state index in [9.17, 15) is 9.90 Å². The van der Waals surface area contributed by atoms with Crippen LogP contribution < -0.4 is 5.32 Å². The normalized spacial score (nSPS) is 10.3. The van der Waals surface area contributed by atoms with Crippen molar-refractivity contribution in [3.8, 4) is 5.75 Å². The molecule has 0 fully saturated rings. The van der Waals surface area contributed by atoms with Gasteiger partial charge in [0.2, 0.25) is 0 Å². The van der Waals surface area contributed by atoms with Crippen LogP contribution in [-0.2, 0) is 6.42 Å². The topological polar surface area (TPSA) is 69.6 Å². The Morgan fingerprint density at radius 2 is 1.85 bits per heavy atom. The van der Waals surface area contributed by atoms with Gasteiger partial charge in [0.1, 0.15) is 5.75 Å². The van der Waals surface area contributed by atoms with Crippen molar-refractivity contribution in [2.45, 2.75) is 13.3 Å². The number of amides is 1. The van der Waals surface area contributed by atoms with Gasteiger partial charge in [-0.25, -0.2) is 0 Å². The summed E-state index contributed by atoms with van der Waals surface area (Å²) in [5, 5.41) is 21.2. The first-order valence-electron chi connectivity index (χ1n) is 6.41. The molecule has 0 aliphatic rings. The van der Waals surface area contributed by atoms with E-state index >= 15 is 0 Å². The van der Waals surface area contributed by atoms with Crippen LogP contribution in [0.4, 0.5) is 5.69 Å². The number of aromatic hydroxyl groups is 1. The van der Waals surface area contributed by atoms with Crippen LogP contribution in [-0.4, -0.2) is 22.7 Å². The smallest absolute Gasteiger partial charge is 0.255 e. The molecule has 0 unspecified atom stereocenters. The fourth-order valence-electron chi connectivity index (χ4n) is 1.84. The number of hydrogen-bond acceptors (Lipinski definition) is 3. The van der Waals surface area contributed by atoms with E-state index in [1.54, 1.807) is 31.2 Å². The van der Waals surface area contributed by atoms with E-state index in [0.29, 0.717) is 17.7 Å². The van der Waals surface area contributed by atoms with Crippen molar-refractivity contribution in [3.63, 3.8) is 0 Å². The third-order valence-corrected chi connectivity index (χ3v) is 3.08. The van der Waals surface area contributed by atoms with E-state index in [2.05, 4.69) is 5.32 Å². The number of aliphatic hydroxyl groups excluding tert-OH is 1. The second kappa shape index (κ2) is 6.21. The molecule has 0 bridgehead atoms. The fraction of sp³-hybridized carbons (Fsp3) is 0.188. The maximum absolute atomic E-state index is 12.0. The van der Waals surface area contributed by atoms with Crippen molar-refractivity contribution >= 4 is 11.6 Å². The van der Waals surface area contributed by atoms with Gasteiger partial charge in [-0.2, -0.15) is 0 Å². The predicted molar refractivity (Wildman–Crippen MR) is 78.0 cm³/mol. The molecule has 0 saturated heterocycles. The Bertz CT molecular complexity index is 606. The zero-order valence-electron chi connectivity index (χ0n) is 11.3. The van der Waals surface area contributed by atoms with Gasteiger partial charge in [0.05, 0.1) is 0 Å². The highest BCUT2D eigenvalue weighted by atomic mass is 16.3. The molecule has 0 saturated carbocycles. The number of carbonyl (C=O) groups is 1. The van der Waals surface area contributed by atoms with Gasteiger partial charge in [-0.1, -0.05) is 18.2 Å². The lowest BCUT2D eigenvalue weighted by Crippen LogP contribution is -2.11. The summed E-state index contributed by atoms with van der Waals surface area (Å²) in [4.78, 5) is 12.0. The average Bonchev–Trinajstić information content (AvgIpc) is 2.44. The number of aliphatic hydroxyl groups is 1. The zero-order chi connectivity index (χ0) is 14.5. The number of nitrogens with one attached hydrogen (secondary N) is 1. The maximum atomic E-state index is 12.0. The van der Waals surface area contributed by atoms with Gasteiger partial charge in [0.25, 0.3) is 5.91 Å². The molecule has 0 aliphatic carbocycles. The summed E-state index contributed by atoms with van der Waals surface area (Å²) in [7, 11) is 0. The number of hydrogen-bond donors (Lipinski definition) is 3. The molecule has 0 radical (unpaired) electrons. The zero-order valence-corrected chi connectivity index (χ0v) is 11.3. The lowest BCUT2D eigenvalue weighted by atomic mass is 10.1. The largest absolute Gasteiger partial charge is 0.508 e. The molecule has 0 aromatic heterocycles. The summed E-state index contributed by atoms with van der Waals surface area (Å²) in [6.45, 7) is 1.88. The Morgan fingerprint density at radius 1 is 1.15 bits per heavy atom. The van der Waals surface area contributed by atoms with Gasteiger partial charge in [-0.15, -0.1) is 0 Å². The quantitative estimate of drug-likeness (QED) is 0.800. The van der Waals surface area contributed by atoms with Crippen LogP contribution >= 0.6 is 0 Å². The second-order valence-corrected chi connectivity index (χ2v) is 4.63. The van der Waals surface area contributed by atoms with Crippen LogP contribution in [0, 0.1) is 6.92 Å². The Labute approximate surface area is 117 Å². The summed E-state index contributed by atoms with van der Waals surface area (Å²) in [6.07, 6.45) is 0.597. The van der Waals surface area contributed by atoms with Crippen molar-refractivity contribution in [2.24, 2.45) is 0 Å². The van der Waals surface area contributed by atoms with Gasteiger partial charge in [-0.05, 0) is 48.7 Å².